The number of benzene rings is 2. The van der Waals surface area contributed by atoms with Crippen LogP contribution in [-0.2, 0) is 4.79 Å². The topological polar surface area (TPSA) is 102 Å². The van der Waals surface area contributed by atoms with E-state index < -0.39 is 4.92 Å². The predicted molar refractivity (Wildman–Crippen MR) is 108 cm³/mol. The lowest BCUT2D eigenvalue weighted by Gasteiger charge is -2.31. The molecule has 0 spiro atoms. The molecule has 2 aromatic carbocycles. The number of ether oxygens (including phenoxy) is 1. The standard InChI is InChI=1S/C21H23N3O5/c1-2-29-19-9-5-17(6-10-19)22-20(25)15-11-13-23(14-12-15)21(26)16-3-7-18(8-4-16)24(27)28/h3-10,15H,2,11-14H2,1H3,(H,22,25). The lowest BCUT2D eigenvalue weighted by Crippen LogP contribution is -2.41. The van der Waals surface area contributed by atoms with E-state index in [2.05, 4.69) is 5.32 Å². The van der Waals surface area contributed by atoms with E-state index in [1.165, 1.54) is 24.3 Å². The van der Waals surface area contributed by atoms with Crippen LogP contribution in [0, 0.1) is 16.0 Å². The Kier molecular flexibility index (Phi) is 6.43. The summed E-state index contributed by atoms with van der Waals surface area (Å²) in [5.41, 5.74) is 1.07. The fourth-order valence-corrected chi connectivity index (χ4v) is 3.30. The van der Waals surface area contributed by atoms with Crippen molar-refractivity contribution in [2.45, 2.75) is 19.8 Å². The van der Waals surface area contributed by atoms with E-state index in [0.29, 0.717) is 43.8 Å². The summed E-state index contributed by atoms with van der Waals surface area (Å²) < 4.78 is 5.39. The highest BCUT2D eigenvalue weighted by Crippen LogP contribution is 2.23. The molecule has 8 nitrogen and oxygen atoms in total. The van der Waals surface area contributed by atoms with Gasteiger partial charge in [0.15, 0.2) is 0 Å². The van der Waals surface area contributed by atoms with Gasteiger partial charge in [0.1, 0.15) is 5.75 Å². The maximum absolute atomic E-state index is 12.6. The number of carbonyl (C=O) groups excluding carboxylic acids is 2. The highest BCUT2D eigenvalue weighted by Gasteiger charge is 2.28. The Morgan fingerprint density at radius 3 is 2.28 bits per heavy atom. The van der Waals surface area contributed by atoms with E-state index in [0.717, 1.165) is 5.75 Å². The second-order valence-electron chi connectivity index (χ2n) is 6.82. The zero-order valence-electron chi connectivity index (χ0n) is 16.2. The number of nitrogens with one attached hydrogen (secondary N) is 1. The van der Waals surface area contributed by atoms with Crippen LogP contribution >= 0.6 is 0 Å². The van der Waals surface area contributed by atoms with Crippen molar-refractivity contribution >= 4 is 23.2 Å². The smallest absolute Gasteiger partial charge is 0.269 e. The van der Waals surface area contributed by atoms with Crippen LogP contribution in [0.4, 0.5) is 11.4 Å². The third-order valence-electron chi connectivity index (χ3n) is 4.91. The summed E-state index contributed by atoms with van der Waals surface area (Å²) in [5.74, 6) is 0.355. The summed E-state index contributed by atoms with van der Waals surface area (Å²) in [7, 11) is 0. The first-order valence-electron chi connectivity index (χ1n) is 9.55. The molecule has 1 heterocycles. The number of amides is 2. The highest BCUT2D eigenvalue weighted by atomic mass is 16.6. The van der Waals surface area contributed by atoms with Gasteiger partial charge in [-0.2, -0.15) is 0 Å². The molecule has 0 bridgehead atoms. The Hall–Kier alpha value is -3.42. The SMILES string of the molecule is CCOc1ccc(NC(=O)C2CCN(C(=O)c3ccc([N+](=O)[O-])cc3)CC2)cc1. The third kappa shape index (κ3) is 5.10. The second-order valence-corrected chi connectivity index (χ2v) is 6.82. The molecule has 3 rings (SSSR count). The molecule has 1 aliphatic heterocycles. The van der Waals surface area contributed by atoms with Crippen molar-refractivity contribution in [2.24, 2.45) is 5.92 Å². The van der Waals surface area contributed by atoms with Crippen LogP contribution in [-0.4, -0.2) is 41.3 Å². The maximum Gasteiger partial charge on any atom is 0.269 e. The first kappa shape index (κ1) is 20.3. The molecule has 1 aliphatic rings. The van der Waals surface area contributed by atoms with Crippen LogP contribution in [0.25, 0.3) is 0 Å². The van der Waals surface area contributed by atoms with Gasteiger partial charge in [0, 0.05) is 42.4 Å². The number of piperidine rings is 1. The van der Waals surface area contributed by atoms with E-state index in [9.17, 15) is 19.7 Å². The fourth-order valence-electron chi connectivity index (χ4n) is 3.30. The quantitative estimate of drug-likeness (QED) is 0.594. The van der Waals surface area contributed by atoms with Crippen molar-refractivity contribution in [3.8, 4) is 5.75 Å². The lowest BCUT2D eigenvalue weighted by atomic mass is 9.95. The van der Waals surface area contributed by atoms with Gasteiger partial charge in [0.2, 0.25) is 5.91 Å². The number of hydrogen-bond donors (Lipinski definition) is 1. The Labute approximate surface area is 168 Å². The van der Waals surface area contributed by atoms with Gasteiger partial charge in [-0.3, -0.25) is 19.7 Å². The molecule has 0 radical (unpaired) electrons. The summed E-state index contributed by atoms with van der Waals surface area (Å²) >= 11 is 0. The molecule has 0 saturated carbocycles. The van der Waals surface area contributed by atoms with E-state index in [1.807, 2.05) is 19.1 Å². The number of carbonyl (C=O) groups is 2. The Morgan fingerprint density at radius 1 is 1.10 bits per heavy atom. The molecule has 2 aromatic rings. The molecule has 1 N–H and O–H groups in total. The number of nitro groups is 1. The zero-order valence-corrected chi connectivity index (χ0v) is 16.2. The van der Waals surface area contributed by atoms with Crippen LogP contribution in [0.5, 0.6) is 5.75 Å². The number of non-ortho nitro benzene ring substituents is 1. The van der Waals surface area contributed by atoms with Crippen LogP contribution in [0.15, 0.2) is 48.5 Å². The van der Waals surface area contributed by atoms with Gasteiger partial charge >= 0.3 is 0 Å². The number of anilines is 1. The number of rotatable bonds is 6. The van der Waals surface area contributed by atoms with Gasteiger partial charge < -0.3 is 15.0 Å². The number of nitro benzene ring substituents is 1. The van der Waals surface area contributed by atoms with E-state index in [1.54, 1.807) is 17.0 Å². The van der Waals surface area contributed by atoms with Crippen molar-refractivity contribution < 1.29 is 19.2 Å². The minimum absolute atomic E-state index is 0.0498. The lowest BCUT2D eigenvalue weighted by molar-refractivity contribution is -0.384. The molecule has 0 unspecified atom stereocenters. The first-order valence-corrected chi connectivity index (χ1v) is 9.55. The molecule has 152 valence electrons. The Morgan fingerprint density at radius 2 is 1.72 bits per heavy atom. The fraction of sp³-hybridized carbons (Fsp3) is 0.333. The molecule has 1 fully saturated rings. The second kappa shape index (κ2) is 9.18. The molecule has 0 aliphatic carbocycles. The minimum Gasteiger partial charge on any atom is -0.494 e. The van der Waals surface area contributed by atoms with Crippen LogP contribution in [0.3, 0.4) is 0 Å². The number of nitrogens with zero attached hydrogens (tertiary/aromatic N) is 2. The highest BCUT2D eigenvalue weighted by molar-refractivity contribution is 5.95. The summed E-state index contributed by atoms with van der Waals surface area (Å²) in [5, 5.41) is 13.6. The average Bonchev–Trinajstić information content (AvgIpc) is 2.75. The van der Waals surface area contributed by atoms with Crippen LogP contribution in [0.2, 0.25) is 0 Å². The van der Waals surface area contributed by atoms with Crippen molar-refractivity contribution in [3.05, 3.63) is 64.2 Å². The third-order valence-corrected chi connectivity index (χ3v) is 4.91. The van der Waals surface area contributed by atoms with Gasteiger partial charge in [-0.15, -0.1) is 0 Å². The minimum atomic E-state index is -0.497. The van der Waals surface area contributed by atoms with Gasteiger partial charge in [0.25, 0.3) is 11.6 Å². The molecule has 0 atom stereocenters. The van der Waals surface area contributed by atoms with Gasteiger partial charge in [-0.1, -0.05) is 0 Å². The van der Waals surface area contributed by atoms with Crippen LogP contribution in [0.1, 0.15) is 30.1 Å². The van der Waals surface area contributed by atoms with Crippen molar-refractivity contribution in [2.75, 3.05) is 25.0 Å². The molecule has 29 heavy (non-hydrogen) atoms. The molecular formula is C21H23N3O5. The Bertz CT molecular complexity index is 872. The monoisotopic (exact) mass is 397 g/mol. The summed E-state index contributed by atoms with van der Waals surface area (Å²) in [6.45, 7) is 3.44. The molecule has 0 aromatic heterocycles. The van der Waals surface area contributed by atoms with E-state index in [4.69, 9.17) is 4.74 Å². The summed E-state index contributed by atoms with van der Waals surface area (Å²) in [6.07, 6.45) is 1.14. The van der Waals surface area contributed by atoms with Crippen LogP contribution < -0.4 is 10.1 Å². The normalized spacial score (nSPS) is 14.3. The van der Waals surface area contributed by atoms with E-state index in [-0.39, 0.29) is 23.4 Å². The predicted octanol–water partition coefficient (Wildman–Crippen LogP) is 3.48. The maximum atomic E-state index is 12.6. The van der Waals surface area contributed by atoms with Crippen molar-refractivity contribution in [3.63, 3.8) is 0 Å². The summed E-state index contributed by atoms with van der Waals surface area (Å²) in [4.78, 5) is 37.0. The van der Waals surface area contributed by atoms with Gasteiger partial charge in [-0.25, -0.2) is 0 Å². The van der Waals surface area contributed by atoms with Gasteiger partial charge in [-0.05, 0) is 56.2 Å². The first-order chi connectivity index (χ1) is 14.0. The largest absolute Gasteiger partial charge is 0.494 e. The Balaban J connectivity index is 1.52. The van der Waals surface area contributed by atoms with Crippen molar-refractivity contribution in [1.29, 1.82) is 0 Å². The average molecular weight is 397 g/mol. The van der Waals surface area contributed by atoms with Crippen molar-refractivity contribution in [1.82, 2.24) is 4.90 Å². The zero-order chi connectivity index (χ0) is 20.8. The van der Waals surface area contributed by atoms with E-state index >= 15 is 0 Å². The number of likely N-dealkylation sites (tertiary alicyclic amines) is 1. The molecule has 8 heteroatoms. The molecule has 1 saturated heterocycles. The number of hydrogen-bond acceptors (Lipinski definition) is 5. The summed E-state index contributed by atoms with van der Waals surface area (Å²) in [6, 6.07) is 12.8. The van der Waals surface area contributed by atoms with Gasteiger partial charge in [0.05, 0.1) is 11.5 Å². The molecule has 2 amide bonds. The molecular weight excluding hydrogens is 374 g/mol.